The maximum atomic E-state index is 3.63. The average Bonchev–Trinajstić information content (AvgIpc) is 2.32. The van der Waals surface area contributed by atoms with Crippen LogP contribution in [0.4, 0.5) is 0 Å². The Morgan fingerprint density at radius 3 is 2.44 bits per heavy atom. The summed E-state index contributed by atoms with van der Waals surface area (Å²) in [6.45, 7) is 12.9. The van der Waals surface area contributed by atoms with Crippen LogP contribution in [0, 0.1) is 5.92 Å². The zero-order valence-electron chi connectivity index (χ0n) is 13.1. The SMILES string of the molecule is CCC(C)(C)NCCN(C)CC1CCN(C)CC1. The zero-order valence-corrected chi connectivity index (χ0v) is 13.1. The lowest BCUT2D eigenvalue weighted by atomic mass is 9.97. The predicted octanol–water partition coefficient (Wildman–Crippen LogP) is 2.04. The third-order valence-electron chi connectivity index (χ3n) is 4.39. The molecule has 0 aliphatic carbocycles. The molecule has 3 nitrogen and oxygen atoms in total. The minimum Gasteiger partial charge on any atom is -0.311 e. The molecule has 0 aromatic rings. The lowest BCUT2D eigenvalue weighted by Crippen LogP contribution is -2.43. The monoisotopic (exact) mass is 255 g/mol. The van der Waals surface area contributed by atoms with Gasteiger partial charge in [-0.1, -0.05) is 6.92 Å². The minimum absolute atomic E-state index is 0.286. The van der Waals surface area contributed by atoms with E-state index < -0.39 is 0 Å². The number of likely N-dealkylation sites (N-methyl/N-ethyl adjacent to an activating group) is 1. The second kappa shape index (κ2) is 7.46. The number of nitrogens with zero attached hydrogens (tertiary/aromatic N) is 2. The van der Waals surface area contributed by atoms with Crippen molar-refractivity contribution in [1.29, 1.82) is 0 Å². The van der Waals surface area contributed by atoms with Gasteiger partial charge in [-0.05, 0) is 66.2 Å². The Bertz CT molecular complexity index is 220. The summed E-state index contributed by atoms with van der Waals surface area (Å²) in [5, 5.41) is 3.63. The van der Waals surface area contributed by atoms with Gasteiger partial charge in [0.2, 0.25) is 0 Å². The van der Waals surface area contributed by atoms with Crippen molar-refractivity contribution in [2.45, 2.75) is 45.6 Å². The van der Waals surface area contributed by atoms with Crippen LogP contribution in [0.2, 0.25) is 0 Å². The Hall–Kier alpha value is -0.120. The van der Waals surface area contributed by atoms with Gasteiger partial charge in [-0.25, -0.2) is 0 Å². The Kier molecular flexibility index (Phi) is 6.61. The predicted molar refractivity (Wildman–Crippen MR) is 80.1 cm³/mol. The molecule has 1 heterocycles. The molecule has 1 aliphatic rings. The lowest BCUT2D eigenvalue weighted by Gasteiger charge is -2.32. The molecule has 0 amide bonds. The van der Waals surface area contributed by atoms with Crippen LogP contribution < -0.4 is 5.32 Å². The Morgan fingerprint density at radius 2 is 1.89 bits per heavy atom. The number of hydrogen-bond donors (Lipinski definition) is 1. The maximum absolute atomic E-state index is 3.63. The summed E-state index contributed by atoms with van der Waals surface area (Å²) in [4.78, 5) is 4.94. The van der Waals surface area contributed by atoms with E-state index in [-0.39, 0.29) is 5.54 Å². The van der Waals surface area contributed by atoms with Gasteiger partial charge < -0.3 is 15.1 Å². The number of hydrogen-bond acceptors (Lipinski definition) is 3. The van der Waals surface area contributed by atoms with Gasteiger partial charge >= 0.3 is 0 Å². The number of piperidine rings is 1. The van der Waals surface area contributed by atoms with Crippen molar-refractivity contribution >= 4 is 0 Å². The van der Waals surface area contributed by atoms with Crippen LogP contribution in [0.5, 0.6) is 0 Å². The van der Waals surface area contributed by atoms with Gasteiger partial charge in [-0.15, -0.1) is 0 Å². The Balaban J connectivity index is 2.12. The van der Waals surface area contributed by atoms with Crippen LogP contribution >= 0.6 is 0 Å². The highest BCUT2D eigenvalue weighted by Gasteiger charge is 2.18. The molecular weight excluding hydrogens is 222 g/mol. The molecule has 1 fully saturated rings. The first kappa shape index (κ1) is 15.9. The third-order valence-corrected chi connectivity index (χ3v) is 4.39. The maximum Gasteiger partial charge on any atom is 0.0123 e. The van der Waals surface area contributed by atoms with E-state index in [9.17, 15) is 0 Å². The summed E-state index contributed by atoms with van der Waals surface area (Å²) in [7, 11) is 4.50. The summed E-state index contributed by atoms with van der Waals surface area (Å²) in [6, 6.07) is 0. The molecule has 1 saturated heterocycles. The highest BCUT2D eigenvalue weighted by atomic mass is 15.1. The van der Waals surface area contributed by atoms with Gasteiger partial charge in [0.15, 0.2) is 0 Å². The van der Waals surface area contributed by atoms with Crippen LogP contribution in [0.1, 0.15) is 40.0 Å². The van der Waals surface area contributed by atoms with Crippen molar-refractivity contribution < 1.29 is 0 Å². The van der Waals surface area contributed by atoms with Crippen LogP contribution in [0.25, 0.3) is 0 Å². The van der Waals surface area contributed by atoms with E-state index in [1.54, 1.807) is 0 Å². The molecule has 0 aromatic carbocycles. The van der Waals surface area contributed by atoms with Crippen LogP contribution in [-0.4, -0.2) is 62.2 Å². The number of rotatable bonds is 7. The van der Waals surface area contributed by atoms with E-state index in [4.69, 9.17) is 0 Å². The van der Waals surface area contributed by atoms with Crippen molar-refractivity contribution in [2.75, 3.05) is 46.8 Å². The highest BCUT2D eigenvalue weighted by Crippen LogP contribution is 2.16. The highest BCUT2D eigenvalue weighted by molar-refractivity contribution is 4.76. The fourth-order valence-electron chi connectivity index (χ4n) is 2.49. The van der Waals surface area contributed by atoms with Gasteiger partial charge in [0.1, 0.15) is 0 Å². The average molecular weight is 255 g/mol. The summed E-state index contributed by atoms with van der Waals surface area (Å²) >= 11 is 0. The molecule has 3 heteroatoms. The molecule has 0 aromatic heterocycles. The second-order valence-electron chi connectivity index (χ2n) is 6.67. The molecule has 1 aliphatic heterocycles. The topological polar surface area (TPSA) is 18.5 Å². The summed E-state index contributed by atoms with van der Waals surface area (Å²) in [6.07, 6.45) is 3.93. The van der Waals surface area contributed by atoms with Crippen molar-refractivity contribution in [2.24, 2.45) is 5.92 Å². The van der Waals surface area contributed by atoms with E-state index >= 15 is 0 Å². The van der Waals surface area contributed by atoms with Crippen molar-refractivity contribution in [3.63, 3.8) is 0 Å². The molecule has 0 unspecified atom stereocenters. The summed E-state index contributed by atoms with van der Waals surface area (Å²) in [5.41, 5.74) is 0.286. The molecule has 0 saturated carbocycles. The molecule has 0 radical (unpaired) electrons. The molecule has 1 N–H and O–H groups in total. The van der Waals surface area contributed by atoms with Gasteiger partial charge in [-0.3, -0.25) is 0 Å². The lowest BCUT2D eigenvalue weighted by molar-refractivity contribution is 0.174. The minimum atomic E-state index is 0.286. The fraction of sp³-hybridized carbons (Fsp3) is 1.00. The van der Waals surface area contributed by atoms with E-state index in [0.29, 0.717) is 0 Å². The standard InChI is InChI=1S/C15H33N3/c1-6-15(2,3)16-9-12-18(5)13-14-7-10-17(4)11-8-14/h14,16H,6-13H2,1-5H3. The van der Waals surface area contributed by atoms with Gasteiger partial charge in [0.25, 0.3) is 0 Å². The Morgan fingerprint density at radius 1 is 1.28 bits per heavy atom. The van der Waals surface area contributed by atoms with Crippen LogP contribution in [-0.2, 0) is 0 Å². The van der Waals surface area contributed by atoms with E-state index in [1.807, 2.05) is 0 Å². The number of likely N-dealkylation sites (tertiary alicyclic amines) is 1. The molecular formula is C15H33N3. The van der Waals surface area contributed by atoms with Gasteiger partial charge in [0.05, 0.1) is 0 Å². The van der Waals surface area contributed by atoms with Gasteiger partial charge in [0, 0.05) is 25.2 Å². The quantitative estimate of drug-likeness (QED) is 0.751. The van der Waals surface area contributed by atoms with Crippen molar-refractivity contribution in [3.05, 3.63) is 0 Å². The largest absolute Gasteiger partial charge is 0.311 e. The van der Waals surface area contributed by atoms with Crippen molar-refractivity contribution in [3.8, 4) is 0 Å². The van der Waals surface area contributed by atoms with Crippen LogP contribution in [0.15, 0.2) is 0 Å². The first-order chi connectivity index (χ1) is 8.43. The van der Waals surface area contributed by atoms with Gasteiger partial charge in [-0.2, -0.15) is 0 Å². The number of nitrogens with one attached hydrogen (secondary N) is 1. The second-order valence-corrected chi connectivity index (χ2v) is 6.67. The molecule has 108 valence electrons. The molecule has 0 atom stereocenters. The normalized spacial score (nSPS) is 19.7. The van der Waals surface area contributed by atoms with Crippen LogP contribution in [0.3, 0.4) is 0 Å². The first-order valence-corrected chi connectivity index (χ1v) is 7.55. The fourth-order valence-corrected chi connectivity index (χ4v) is 2.49. The zero-order chi connectivity index (χ0) is 13.6. The third kappa shape index (κ3) is 6.17. The Labute approximate surface area is 114 Å². The van der Waals surface area contributed by atoms with E-state index in [1.165, 1.54) is 38.9 Å². The summed E-state index contributed by atoms with van der Waals surface area (Å²) in [5.74, 6) is 0.908. The van der Waals surface area contributed by atoms with E-state index in [0.717, 1.165) is 19.0 Å². The summed E-state index contributed by atoms with van der Waals surface area (Å²) < 4.78 is 0. The molecule has 18 heavy (non-hydrogen) atoms. The van der Waals surface area contributed by atoms with Crippen molar-refractivity contribution in [1.82, 2.24) is 15.1 Å². The van der Waals surface area contributed by atoms with E-state index in [2.05, 4.69) is 50.0 Å². The first-order valence-electron chi connectivity index (χ1n) is 7.55. The smallest absolute Gasteiger partial charge is 0.0123 e. The molecule has 0 spiro atoms. The molecule has 1 rings (SSSR count). The molecule has 0 bridgehead atoms.